The highest BCUT2D eigenvalue weighted by molar-refractivity contribution is 5.92. The Morgan fingerprint density at radius 1 is 1.80 bits per heavy atom. The predicted molar refractivity (Wildman–Crippen MR) is 36.5 cm³/mol. The number of primary amides is 1. The summed E-state index contributed by atoms with van der Waals surface area (Å²) in [6.45, 7) is 0.0613. The lowest BCUT2D eigenvalue weighted by molar-refractivity contribution is -0.114. The molecule has 1 aliphatic heterocycles. The van der Waals surface area contributed by atoms with Crippen LogP contribution in [0.25, 0.3) is 0 Å². The molecule has 0 atom stereocenters. The van der Waals surface area contributed by atoms with Crippen molar-refractivity contribution in [2.75, 3.05) is 6.54 Å². The topological polar surface area (TPSA) is 69.4 Å². The first kappa shape index (κ1) is 6.82. The lowest BCUT2D eigenvalue weighted by atomic mass is 10.2. The zero-order valence-corrected chi connectivity index (χ0v) is 5.28. The molecule has 0 radical (unpaired) electrons. The third kappa shape index (κ3) is 1.35. The Bertz CT molecular complexity index is 208. The van der Waals surface area contributed by atoms with E-state index in [0.29, 0.717) is 10.6 Å². The lowest BCUT2D eigenvalue weighted by Crippen LogP contribution is -2.24. The van der Waals surface area contributed by atoms with Crippen molar-refractivity contribution in [3.8, 4) is 0 Å². The van der Waals surface area contributed by atoms with E-state index in [0.717, 1.165) is 0 Å². The molecule has 0 saturated heterocycles. The van der Waals surface area contributed by atoms with Crippen molar-refractivity contribution in [1.29, 1.82) is 0 Å². The Hall–Kier alpha value is -1.29. The van der Waals surface area contributed by atoms with Gasteiger partial charge in [-0.3, -0.25) is 4.79 Å². The molecule has 0 fully saturated rings. The SMILES string of the molecule is NC(=O)C1=CC=CN([O-])C1. The van der Waals surface area contributed by atoms with Gasteiger partial charge >= 0.3 is 0 Å². The Balaban J connectivity index is 2.71. The molecule has 0 spiro atoms. The second-order valence-corrected chi connectivity index (χ2v) is 1.97. The van der Waals surface area contributed by atoms with E-state index in [2.05, 4.69) is 0 Å². The minimum atomic E-state index is -0.537. The maximum atomic E-state index is 10.6. The summed E-state index contributed by atoms with van der Waals surface area (Å²) < 4.78 is 0. The summed E-state index contributed by atoms with van der Waals surface area (Å²) in [6.07, 6.45) is 4.37. The van der Waals surface area contributed by atoms with Crippen LogP contribution in [0, 0.1) is 5.21 Å². The van der Waals surface area contributed by atoms with Crippen molar-refractivity contribution in [2.45, 2.75) is 0 Å². The molecule has 1 amide bonds. The lowest BCUT2D eigenvalue weighted by Gasteiger charge is -2.28. The summed E-state index contributed by atoms with van der Waals surface area (Å²) in [6, 6.07) is 0. The smallest absolute Gasteiger partial charge is 0.246 e. The Morgan fingerprint density at radius 2 is 2.50 bits per heavy atom. The molecule has 1 rings (SSSR count). The normalized spacial score (nSPS) is 16.9. The van der Waals surface area contributed by atoms with Crippen LogP contribution in [0.15, 0.2) is 23.9 Å². The van der Waals surface area contributed by atoms with Gasteiger partial charge in [0.1, 0.15) is 0 Å². The number of hydroxylamine groups is 2. The van der Waals surface area contributed by atoms with Crippen LogP contribution in [-0.4, -0.2) is 17.5 Å². The fourth-order valence-electron chi connectivity index (χ4n) is 0.689. The molecule has 10 heavy (non-hydrogen) atoms. The van der Waals surface area contributed by atoms with Gasteiger partial charge in [0.15, 0.2) is 0 Å². The van der Waals surface area contributed by atoms with E-state index in [1.807, 2.05) is 0 Å². The molecule has 54 valence electrons. The van der Waals surface area contributed by atoms with Crippen LogP contribution in [0.1, 0.15) is 0 Å². The molecule has 0 bridgehead atoms. The summed E-state index contributed by atoms with van der Waals surface area (Å²) in [5.41, 5.74) is 5.27. The van der Waals surface area contributed by atoms with E-state index in [9.17, 15) is 10.0 Å². The molecule has 2 N–H and O–H groups in total. The first-order valence-electron chi connectivity index (χ1n) is 2.81. The van der Waals surface area contributed by atoms with Crippen molar-refractivity contribution in [3.63, 3.8) is 0 Å². The molecule has 0 aromatic heterocycles. The van der Waals surface area contributed by atoms with Crippen molar-refractivity contribution in [3.05, 3.63) is 29.1 Å². The molecule has 4 heteroatoms. The zero-order chi connectivity index (χ0) is 7.56. The maximum Gasteiger partial charge on any atom is 0.246 e. The molecular weight excluding hydrogens is 132 g/mol. The van der Waals surface area contributed by atoms with Gasteiger partial charge in [0, 0.05) is 12.1 Å². The Morgan fingerprint density at radius 3 is 2.90 bits per heavy atom. The van der Waals surface area contributed by atoms with Gasteiger partial charge in [-0.15, -0.1) is 0 Å². The number of nitrogens with two attached hydrogens (primary N) is 1. The van der Waals surface area contributed by atoms with Crippen LogP contribution in [0.5, 0.6) is 0 Å². The fourth-order valence-corrected chi connectivity index (χ4v) is 0.689. The largest absolute Gasteiger partial charge is 0.758 e. The van der Waals surface area contributed by atoms with E-state index in [-0.39, 0.29) is 6.54 Å². The number of rotatable bonds is 1. The number of carbonyl (C=O) groups excluding carboxylic acids is 1. The van der Waals surface area contributed by atoms with Gasteiger partial charge in [0.25, 0.3) is 0 Å². The van der Waals surface area contributed by atoms with Gasteiger partial charge < -0.3 is 16.0 Å². The highest BCUT2D eigenvalue weighted by Crippen LogP contribution is 2.04. The molecular formula is C6H7N2O2-. The summed E-state index contributed by atoms with van der Waals surface area (Å²) >= 11 is 0. The molecule has 0 aromatic carbocycles. The van der Waals surface area contributed by atoms with E-state index in [4.69, 9.17) is 5.73 Å². The highest BCUT2D eigenvalue weighted by Gasteiger charge is 2.05. The van der Waals surface area contributed by atoms with Crippen molar-refractivity contribution in [1.82, 2.24) is 5.06 Å². The summed E-state index contributed by atoms with van der Waals surface area (Å²) in [7, 11) is 0. The third-order valence-electron chi connectivity index (χ3n) is 1.19. The standard InChI is InChI=1S/C6H7N2O2/c7-6(9)5-2-1-3-8(10)4-5/h1-3H,4H2,(H2,7,9)/q-1. The van der Waals surface area contributed by atoms with Crippen LogP contribution < -0.4 is 5.73 Å². The average Bonchev–Trinajstić information content (AvgIpc) is 1.88. The molecule has 0 unspecified atom stereocenters. The quantitative estimate of drug-likeness (QED) is 0.543. The maximum absolute atomic E-state index is 10.6. The monoisotopic (exact) mass is 139 g/mol. The Kier molecular flexibility index (Phi) is 1.73. The molecule has 0 aromatic rings. The summed E-state index contributed by atoms with van der Waals surface area (Å²) in [5.74, 6) is -0.537. The van der Waals surface area contributed by atoms with Crippen molar-refractivity contribution < 1.29 is 4.79 Å². The number of amides is 1. The number of hydrogen-bond acceptors (Lipinski definition) is 3. The van der Waals surface area contributed by atoms with Gasteiger partial charge in [0.2, 0.25) is 5.91 Å². The predicted octanol–water partition coefficient (Wildman–Crippen LogP) is -0.275. The first-order chi connectivity index (χ1) is 4.70. The number of nitrogens with zero attached hydrogens (tertiary/aromatic N) is 1. The third-order valence-corrected chi connectivity index (χ3v) is 1.19. The van der Waals surface area contributed by atoms with Gasteiger partial charge in [-0.05, 0) is 12.3 Å². The van der Waals surface area contributed by atoms with E-state index in [1.165, 1.54) is 18.4 Å². The van der Waals surface area contributed by atoms with Gasteiger partial charge in [-0.1, -0.05) is 6.08 Å². The van der Waals surface area contributed by atoms with E-state index >= 15 is 0 Å². The van der Waals surface area contributed by atoms with Gasteiger partial charge in [-0.25, -0.2) is 0 Å². The van der Waals surface area contributed by atoms with Gasteiger partial charge in [0.05, 0.1) is 0 Å². The fraction of sp³-hybridized carbons (Fsp3) is 0.167. The van der Waals surface area contributed by atoms with Gasteiger partial charge in [-0.2, -0.15) is 0 Å². The number of hydrogen-bond donors (Lipinski definition) is 1. The van der Waals surface area contributed by atoms with E-state index in [1.54, 1.807) is 0 Å². The Labute approximate surface area is 58.2 Å². The number of allylic oxidation sites excluding steroid dienone is 2. The molecule has 1 heterocycles. The van der Waals surface area contributed by atoms with Crippen molar-refractivity contribution >= 4 is 5.91 Å². The zero-order valence-electron chi connectivity index (χ0n) is 5.28. The summed E-state index contributed by atoms with van der Waals surface area (Å²) in [5, 5.41) is 11.2. The average molecular weight is 139 g/mol. The van der Waals surface area contributed by atoms with Crippen LogP contribution in [-0.2, 0) is 4.79 Å². The second kappa shape index (κ2) is 2.53. The first-order valence-corrected chi connectivity index (χ1v) is 2.81. The van der Waals surface area contributed by atoms with Crippen LogP contribution in [0.3, 0.4) is 0 Å². The minimum Gasteiger partial charge on any atom is -0.758 e. The van der Waals surface area contributed by atoms with Crippen LogP contribution in [0.2, 0.25) is 0 Å². The molecule has 0 aliphatic carbocycles. The summed E-state index contributed by atoms with van der Waals surface area (Å²) in [4.78, 5) is 10.5. The van der Waals surface area contributed by atoms with Crippen LogP contribution in [0.4, 0.5) is 0 Å². The second-order valence-electron chi connectivity index (χ2n) is 1.97. The molecule has 0 saturated carbocycles. The highest BCUT2D eigenvalue weighted by atomic mass is 16.5. The minimum absolute atomic E-state index is 0.0613. The number of carbonyl (C=O) groups is 1. The van der Waals surface area contributed by atoms with Crippen molar-refractivity contribution in [2.24, 2.45) is 5.73 Å². The van der Waals surface area contributed by atoms with Crippen LogP contribution >= 0.6 is 0 Å². The molecule has 4 nitrogen and oxygen atoms in total. The molecule has 1 aliphatic rings. The van der Waals surface area contributed by atoms with E-state index < -0.39 is 5.91 Å².